The van der Waals surface area contributed by atoms with E-state index >= 15 is 0 Å². The Bertz CT molecular complexity index is 889. The molecule has 3 heterocycles. The summed E-state index contributed by atoms with van der Waals surface area (Å²) in [4.78, 5) is 16.8. The summed E-state index contributed by atoms with van der Waals surface area (Å²) in [5.41, 5.74) is 4.91. The molecular formula is C19H17N3OS. The second kappa shape index (κ2) is 6.17. The van der Waals surface area contributed by atoms with Crippen molar-refractivity contribution in [3.8, 4) is 0 Å². The molecule has 0 saturated carbocycles. The van der Waals surface area contributed by atoms with Gasteiger partial charge in [-0.1, -0.05) is 24.3 Å². The maximum absolute atomic E-state index is 12.5. The van der Waals surface area contributed by atoms with Gasteiger partial charge in [0.05, 0.1) is 11.4 Å². The smallest absolute Gasteiger partial charge is 0.255 e. The lowest BCUT2D eigenvalue weighted by molar-refractivity contribution is 0.102. The molecule has 24 heavy (non-hydrogen) atoms. The number of aromatic nitrogens is 2. The lowest BCUT2D eigenvalue weighted by Crippen LogP contribution is -2.14. The van der Waals surface area contributed by atoms with Crippen LogP contribution in [0, 0.1) is 6.92 Å². The highest BCUT2D eigenvalue weighted by atomic mass is 32.2. The molecule has 1 amide bonds. The fourth-order valence-corrected chi connectivity index (χ4v) is 4.31. The lowest BCUT2D eigenvalue weighted by Gasteiger charge is -2.12. The number of benzene rings is 1. The van der Waals surface area contributed by atoms with E-state index in [0.717, 1.165) is 22.7 Å². The van der Waals surface area contributed by atoms with Crippen LogP contribution in [0.1, 0.15) is 32.6 Å². The first-order valence-electron chi connectivity index (χ1n) is 7.82. The minimum Gasteiger partial charge on any atom is -0.332 e. The molecule has 0 radical (unpaired) electrons. The third-order valence-electron chi connectivity index (χ3n) is 4.26. The van der Waals surface area contributed by atoms with Gasteiger partial charge in [0.1, 0.15) is 5.37 Å². The summed E-state index contributed by atoms with van der Waals surface area (Å²) >= 11 is 1.84. The van der Waals surface area contributed by atoms with Crippen molar-refractivity contribution in [2.45, 2.75) is 18.1 Å². The van der Waals surface area contributed by atoms with Gasteiger partial charge < -0.3 is 9.88 Å². The van der Waals surface area contributed by atoms with Crippen LogP contribution in [0.3, 0.4) is 0 Å². The van der Waals surface area contributed by atoms with Gasteiger partial charge in [-0.15, -0.1) is 11.8 Å². The van der Waals surface area contributed by atoms with Crippen LogP contribution in [0.15, 0.2) is 61.1 Å². The molecule has 0 saturated heterocycles. The number of thioether (sulfide) groups is 1. The Kier molecular flexibility index (Phi) is 3.86. The zero-order chi connectivity index (χ0) is 16.5. The van der Waals surface area contributed by atoms with E-state index in [0.29, 0.717) is 5.56 Å². The largest absolute Gasteiger partial charge is 0.332 e. The number of aryl methyl sites for hydroxylation is 1. The van der Waals surface area contributed by atoms with Gasteiger partial charge in [0.25, 0.3) is 5.91 Å². The first kappa shape index (κ1) is 15.0. The number of nitrogens with zero attached hydrogens (tertiary/aromatic N) is 2. The SMILES string of the molecule is Cc1ccccc1C(=O)Nc1ccn2c1CSC2c1cccnc1. The predicted octanol–water partition coefficient (Wildman–Crippen LogP) is 4.24. The molecule has 1 N–H and O–H groups in total. The van der Waals surface area contributed by atoms with E-state index in [9.17, 15) is 4.79 Å². The third kappa shape index (κ3) is 2.61. The molecule has 1 aromatic carbocycles. The zero-order valence-corrected chi connectivity index (χ0v) is 14.1. The normalized spacial score (nSPS) is 16.0. The summed E-state index contributed by atoms with van der Waals surface area (Å²) in [6.07, 6.45) is 5.73. The standard InChI is InChI=1S/C19H17N3OS/c1-13-5-2-3-7-15(13)18(23)21-16-8-10-22-17(16)12-24-19(22)14-6-4-9-20-11-14/h2-11,19H,12H2,1H3,(H,21,23). The fraction of sp³-hybridized carbons (Fsp3) is 0.158. The lowest BCUT2D eigenvalue weighted by atomic mass is 10.1. The number of hydrogen-bond donors (Lipinski definition) is 1. The number of hydrogen-bond acceptors (Lipinski definition) is 3. The van der Waals surface area contributed by atoms with Crippen molar-refractivity contribution < 1.29 is 4.79 Å². The van der Waals surface area contributed by atoms with Crippen molar-refractivity contribution in [1.29, 1.82) is 0 Å². The number of pyridine rings is 1. The number of anilines is 1. The summed E-state index contributed by atoms with van der Waals surface area (Å²) in [6.45, 7) is 1.95. The highest BCUT2D eigenvalue weighted by Crippen LogP contribution is 2.43. The number of amides is 1. The van der Waals surface area contributed by atoms with E-state index in [1.807, 2.05) is 67.5 Å². The number of rotatable bonds is 3. The van der Waals surface area contributed by atoms with Gasteiger partial charge in [-0.25, -0.2) is 0 Å². The van der Waals surface area contributed by atoms with Crippen LogP contribution >= 0.6 is 11.8 Å². The highest BCUT2D eigenvalue weighted by Gasteiger charge is 2.27. The molecule has 1 aliphatic heterocycles. The molecule has 0 spiro atoms. The zero-order valence-electron chi connectivity index (χ0n) is 13.3. The summed E-state index contributed by atoms with van der Waals surface area (Å²) < 4.78 is 2.22. The van der Waals surface area contributed by atoms with Crippen molar-refractivity contribution in [3.63, 3.8) is 0 Å². The number of fused-ring (bicyclic) bond motifs is 1. The summed E-state index contributed by atoms with van der Waals surface area (Å²) in [6, 6.07) is 13.7. The molecule has 4 rings (SSSR count). The van der Waals surface area contributed by atoms with Crippen molar-refractivity contribution in [1.82, 2.24) is 9.55 Å². The maximum Gasteiger partial charge on any atom is 0.255 e. The highest BCUT2D eigenvalue weighted by molar-refractivity contribution is 7.99. The van der Waals surface area contributed by atoms with Crippen LogP contribution in [-0.4, -0.2) is 15.5 Å². The molecule has 4 nitrogen and oxygen atoms in total. The Labute approximate surface area is 144 Å². The molecule has 0 fully saturated rings. The quantitative estimate of drug-likeness (QED) is 0.779. The van der Waals surface area contributed by atoms with Gasteiger partial charge in [0.2, 0.25) is 0 Å². The predicted molar refractivity (Wildman–Crippen MR) is 97.2 cm³/mol. The van der Waals surface area contributed by atoms with Crippen LogP contribution in [0.2, 0.25) is 0 Å². The molecule has 0 aliphatic carbocycles. The monoisotopic (exact) mass is 335 g/mol. The van der Waals surface area contributed by atoms with Gasteiger partial charge in [-0.3, -0.25) is 9.78 Å². The second-order valence-corrected chi connectivity index (χ2v) is 6.87. The molecule has 1 atom stereocenters. The van der Waals surface area contributed by atoms with Crippen LogP contribution in [0.4, 0.5) is 5.69 Å². The average molecular weight is 335 g/mol. The van der Waals surface area contributed by atoms with Crippen molar-refractivity contribution in [2.24, 2.45) is 0 Å². The average Bonchev–Trinajstić information content (AvgIpc) is 3.19. The Balaban J connectivity index is 1.60. The summed E-state index contributed by atoms with van der Waals surface area (Å²) in [7, 11) is 0. The summed E-state index contributed by atoms with van der Waals surface area (Å²) in [5.74, 6) is 0.813. The van der Waals surface area contributed by atoms with Crippen molar-refractivity contribution in [2.75, 3.05) is 5.32 Å². The minimum absolute atomic E-state index is 0.0584. The minimum atomic E-state index is -0.0584. The van der Waals surface area contributed by atoms with Crippen molar-refractivity contribution in [3.05, 3.63) is 83.4 Å². The molecule has 2 aromatic heterocycles. The molecule has 1 aliphatic rings. The molecule has 3 aromatic rings. The molecule has 5 heteroatoms. The van der Waals surface area contributed by atoms with Crippen LogP contribution in [0.25, 0.3) is 0 Å². The van der Waals surface area contributed by atoms with E-state index in [-0.39, 0.29) is 11.3 Å². The van der Waals surface area contributed by atoms with E-state index in [2.05, 4.69) is 20.9 Å². The fourth-order valence-electron chi connectivity index (χ4n) is 3.00. The van der Waals surface area contributed by atoms with Crippen LogP contribution < -0.4 is 5.32 Å². The van der Waals surface area contributed by atoms with Crippen LogP contribution in [-0.2, 0) is 5.75 Å². The van der Waals surface area contributed by atoms with Gasteiger partial charge >= 0.3 is 0 Å². The Morgan fingerprint density at radius 3 is 2.92 bits per heavy atom. The molecular weight excluding hydrogens is 318 g/mol. The first-order chi connectivity index (χ1) is 11.7. The van der Waals surface area contributed by atoms with Gasteiger partial charge in [0.15, 0.2) is 0 Å². The third-order valence-corrected chi connectivity index (χ3v) is 5.52. The maximum atomic E-state index is 12.5. The van der Waals surface area contributed by atoms with Gasteiger partial charge in [-0.2, -0.15) is 0 Å². The Hall–Kier alpha value is -2.53. The molecule has 1 unspecified atom stereocenters. The van der Waals surface area contributed by atoms with Gasteiger partial charge in [0, 0.05) is 35.5 Å². The topological polar surface area (TPSA) is 46.9 Å². The number of carbonyl (C=O) groups is 1. The summed E-state index contributed by atoms with van der Waals surface area (Å²) in [5, 5.41) is 3.28. The number of carbonyl (C=O) groups excluding carboxylic acids is 1. The van der Waals surface area contributed by atoms with E-state index < -0.39 is 0 Å². The second-order valence-electron chi connectivity index (χ2n) is 5.80. The van der Waals surface area contributed by atoms with E-state index in [4.69, 9.17) is 0 Å². The van der Waals surface area contributed by atoms with Crippen molar-refractivity contribution >= 4 is 23.4 Å². The Morgan fingerprint density at radius 2 is 2.12 bits per heavy atom. The Morgan fingerprint density at radius 1 is 1.25 bits per heavy atom. The molecule has 0 bridgehead atoms. The van der Waals surface area contributed by atoms with E-state index in [1.165, 1.54) is 5.56 Å². The molecule has 120 valence electrons. The first-order valence-corrected chi connectivity index (χ1v) is 8.87. The van der Waals surface area contributed by atoms with E-state index in [1.54, 1.807) is 6.20 Å². The van der Waals surface area contributed by atoms with Crippen LogP contribution in [0.5, 0.6) is 0 Å². The number of nitrogens with one attached hydrogen (secondary N) is 1. The van der Waals surface area contributed by atoms with Gasteiger partial charge in [-0.05, 0) is 30.7 Å².